The van der Waals surface area contributed by atoms with Crippen molar-refractivity contribution in [3.63, 3.8) is 0 Å². The van der Waals surface area contributed by atoms with E-state index >= 15 is 0 Å². The van der Waals surface area contributed by atoms with Crippen molar-refractivity contribution < 1.29 is 14.6 Å². The summed E-state index contributed by atoms with van der Waals surface area (Å²) in [4.78, 5) is 19.7. The molecule has 1 aliphatic heterocycles. The van der Waals surface area contributed by atoms with Crippen LogP contribution in [0.15, 0.2) is 72.8 Å². The Bertz CT molecular complexity index is 1330. The first-order valence-electron chi connectivity index (χ1n) is 11.7. The maximum absolute atomic E-state index is 13.0. The fourth-order valence-corrected chi connectivity index (χ4v) is 4.75. The minimum atomic E-state index is -0.722. The highest BCUT2D eigenvalue weighted by Gasteiger charge is 2.35. The third-order valence-corrected chi connectivity index (χ3v) is 6.50. The zero-order valence-electron chi connectivity index (χ0n) is 19.5. The number of anilines is 1. The lowest BCUT2D eigenvalue weighted by Gasteiger charge is -2.20. The Kier molecular flexibility index (Phi) is 6.07. The molecule has 0 radical (unpaired) electrons. The summed E-state index contributed by atoms with van der Waals surface area (Å²) in [5.41, 5.74) is 4.88. The van der Waals surface area contributed by atoms with E-state index in [0.717, 1.165) is 39.4 Å². The Balaban J connectivity index is 1.40. The fraction of sp³-hybridized carbons (Fsp3) is 0.286. The quantitative estimate of drug-likeness (QED) is 0.442. The number of para-hydroxylation sites is 4. The first-order chi connectivity index (χ1) is 16.5. The predicted octanol–water partition coefficient (Wildman–Crippen LogP) is 4.61. The van der Waals surface area contributed by atoms with Gasteiger partial charge in [-0.05, 0) is 49.2 Å². The molecule has 174 valence electrons. The molecule has 2 heterocycles. The number of fused-ring (bicyclic) bond motifs is 1. The van der Waals surface area contributed by atoms with E-state index in [4.69, 9.17) is 9.72 Å². The zero-order chi connectivity index (χ0) is 23.7. The molecule has 0 spiro atoms. The maximum Gasteiger partial charge on any atom is 0.227 e. The third kappa shape index (κ3) is 4.29. The van der Waals surface area contributed by atoms with Gasteiger partial charge >= 0.3 is 0 Å². The number of carbonyl (C=O) groups is 1. The van der Waals surface area contributed by atoms with Crippen molar-refractivity contribution in [1.29, 1.82) is 0 Å². The molecular formula is C28H29N3O3. The lowest BCUT2D eigenvalue weighted by molar-refractivity contribution is -0.117. The van der Waals surface area contributed by atoms with Crippen molar-refractivity contribution in [3.05, 3.63) is 89.7 Å². The van der Waals surface area contributed by atoms with Gasteiger partial charge in [0.2, 0.25) is 5.91 Å². The number of aliphatic hydroxyl groups excluding tert-OH is 1. The van der Waals surface area contributed by atoms with Gasteiger partial charge in [0, 0.05) is 24.6 Å². The molecule has 0 aliphatic carbocycles. The molecule has 6 heteroatoms. The lowest BCUT2D eigenvalue weighted by Crippen LogP contribution is -2.27. The third-order valence-electron chi connectivity index (χ3n) is 6.50. The normalized spacial score (nSPS) is 16.9. The SMILES string of the molecule is Cc1ccccc1OC[C@@H](O)Cn1c([C@@H]2CC(=O)N(c3ccccc3C)C2)nc2ccccc21. The fourth-order valence-electron chi connectivity index (χ4n) is 4.75. The molecule has 6 nitrogen and oxygen atoms in total. The molecule has 3 aromatic carbocycles. The van der Waals surface area contributed by atoms with Crippen LogP contribution in [0.3, 0.4) is 0 Å². The van der Waals surface area contributed by atoms with Crippen LogP contribution >= 0.6 is 0 Å². The van der Waals surface area contributed by atoms with Gasteiger partial charge in [0.15, 0.2) is 0 Å². The van der Waals surface area contributed by atoms with Gasteiger partial charge in [0.1, 0.15) is 24.3 Å². The van der Waals surface area contributed by atoms with Crippen LogP contribution in [0.25, 0.3) is 11.0 Å². The average molecular weight is 456 g/mol. The summed E-state index contributed by atoms with van der Waals surface area (Å²) in [5.74, 6) is 1.65. The number of aliphatic hydroxyl groups is 1. The second-order valence-corrected chi connectivity index (χ2v) is 8.99. The van der Waals surface area contributed by atoms with Gasteiger partial charge in [-0.3, -0.25) is 4.79 Å². The second kappa shape index (κ2) is 9.31. The number of hydrogen-bond donors (Lipinski definition) is 1. The summed E-state index contributed by atoms with van der Waals surface area (Å²) >= 11 is 0. The molecule has 5 rings (SSSR count). The topological polar surface area (TPSA) is 67.6 Å². The monoisotopic (exact) mass is 455 g/mol. The van der Waals surface area contributed by atoms with E-state index in [0.29, 0.717) is 19.5 Å². The van der Waals surface area contributed by atoms with E-state index in [1.165, 1.54) is 0 Å². The number of rotatable bonds is 7. The smallest absolute Gasteiger partial charge is 0.227 e. The number of aryl methyl sites for hydroxylation is 2. The van der Waals surface area contributed by atoms with Crippen LogP contribution in [0.4, 0.5) is 5.69 Å². The number of carbonyl (C=O) groups excluding carboxylic acids is 1. The Morgan fingerprint density at radius 3 is 2.50 bits per heavy atom. The summed E-state index contributed by atoms with van der Waals surface area (Å²) in [5, 5.41) is 10.9. The molecule has 1 aromatic heterocycles. The minimum absolute atomic E-state index is 0.0519. The molecule has 1 fully saturated rings. The van der Waals surface area contributed by atoms with E-state index in [9.17, 15) is 9.90 Å². The van der Waals surface area contributed by atoms with Crippen molar-refractivity contribution in [1.82, 2.24) is 9.55 Å². The van der Waals surface area contributed by atoms with Crippen LogP contribution in [0, 0.1) is 13.8 Å². The van der Waals surface area contributed by atoms with Crippen LogP contribution in [-0.2, 0) is 11.3 Å². The first kappa shape index (κ1) is 22.2. The molecule has 0 unspecified atom stereocenters. The van der Waals surface area contributed by atoms with Gasteiger partial charge in [-0.2, -0.15) is 0 Å². The first-order valence-corrected chi connectivity index (χ1v) is 11.7. The molecular weight excluding hydrogens is 426 g/mol. The Morgan fingerprint density at radius 1 is 1.00 bits per heavy atom. The zero-order valence-corrected chi connectivity index (χ0v) is 19.5. The van der Waals surface area contributed by atoms with Crippen LogP contribution < -0.4 is 9.64 Å². The molecule has 0 bridgehead atoms. The maximum atomic E-state index is 13.0. The van der Waals surface area contributed by atoms with Crippen LogP contribution in [-0.4, -0.2) is 39.8 Å². The predicted molar refractivity (Wildman–Crippen MR) is 133 cm³/mol. The van der Waals surface area contributed by atoms with Gasteiger partial charge in [-0.1, -0.05) is 48.5 Å². The van der Waals surface area contributed by atoms with Crippen molar-refractivity contribution in [2.45, 2.75) is 38.8 Å². The highest BCUT2D eigenvalue weighted by Crippen LogP contribution is 2.34. The van der Waals surface area contributed by atoms with Gasteiger partial charge in [-0.25, -0.2) is 4.98 Å². The van der Waals surface area contributed by atoms with E-state index in [1.54, 1.807) is 0 Å². The summed E-state index contributed by atoms with van der Waals surface area (Å²) in [6.45, 7) is 5.10. The van der Waals surface area contributed by atoms with Gasteiger partial charge in [-0.15, -0.1) is 0 Å². The van der Waals surface area contributed by atoms with Crippen molar-refractivity contribution in [2.24, 2.45) is 0 Å². The Hall–Kier alpha value is -3.64. The molecule has 2 atom stereocenters. The van der Waals surface area contributed by atoms with E-state index in [-0.39, 0.29) is 18.4 Å². The number of imidazole rings is 1. The van der Waals surface area contributed by atoms with Gasteiger partial charge in [0.05, 0.1) is 17.6 Å². The molecule has 34 heavy (non-hydrogen) atoms. The van der Waals surface area contributed by atoms with E-state index in [1.807, 2.05) is 91.5 Å². The molecule has 1 amide bonds. The molecule has 1 aliphatic rings. The number of nitrogens with zero attached hydrogens (tertiary/aromatic N) is 3. The van der Waals surface area contributed by atoms with E-state index in [2.05, 4.69) is 4.57 Å². The molecule has 0 saturated carbocycles. The second-order valence-electron chi connectivity index (χ2n) is 8.99. The molecule has 1 N–H and O–H groups in total. The highest BCUT2D eigenvalue weighted by molar-refractivity contribution is 5.97. The number of amides is 1. The highest BCUT2D eigenvalue weighted by atomic mass is 16.5. The summed E-state index contributed by atoms with van der Waals surface area (Å²) in [7, 11) is 0. The van der Waals surface area contributed by atoms with Gasteiger partial charge < -0.3 is 19.3 Å². The standard InChI is InChI=1S/C28H29N3O3/c1-19-9-3-6-12-24(19)30-16-21(15-27(30)33)28-29-23-11-5-7-13-25(23)31(28)17-22(32)18-34-26-14-8-4-10-20(26)2/h3-14,21-22,32H,15-18H2,1-2H3/t21-,22+/m1/s1. The van der Waals surface area contributed by atoms with Crippen LogP contribution in [0.2, 0.25) is 0 Å². The Labute approximate surface area is 199 Å². The van der Waals surface area contributed by atoms with Gasteiger partial charge in [0.25, 0.3) is 0 Å². The minimum Gasteiger partial charge on any atom is -0.491 e. The molecule has 1 saturated heterocycles. The Morgan fingerprint density at radius 2 is 1.71 bits per heavy atom. The van der Waals surface area contributed by atoms with E-state index < -0.39 is 6.10 Å². The number of aromatic nitrogens is 2. The summed E-state index contributed by atoms with van der Waals surface area (Å²) in [6.07, 6.45) is -0.325. The summed E-state index contributed by atoms with van der Waals surface area (Å²) < 4.78 is 7.94. The molecule has 4 aromatic rings. The van der Waals surface area contributed by atoms with Crippen molar-refractivity contribution in [2.75, 3.05) is 18.1 Å². The largest absolute Gasteiger partial charge is 0.491 e. The number of ether oxygens (including phenoxy) is 1. The average Bonchev–Trinajstić information content (AvgIpc) is 3.39. The van der Waals surface area contributed by atoms with Crippen molar-refractivity contribution >= 4 is 22.6 Å². The number of hydrogen-bond acceptors (Lipinski definition) is 4. The van der Waals surface area contributed by atoms with Crippen LogP contribution in [0.1, 0.15) is 29.3 Å². The number of benzene rings is 3. The lowest BCUT2D eigenvalue weighted by atomic mass is 10.1. The summed E-state index contributed by atoms with van der Waals surface area (Å²) in [6, 6.07) is 23.7. The van der Waals surface area contributed by atoms with Crippen LogP contribution in [0.5, 0.6) is 5.75 Å². The van der Waals surface area contributed by atoms with Crippen molar-refractivity contribution in [3.8, 4) is 5.75 Å².